The van der Waals surface area contributed by atoms with Gasteiger partial charge in [0.15, 0.2) is 11.5 Å². The molecule has 1 N–H and O–H groups in total. The lowest BCUT2D eigenvalue weighted by Gasteiger charge is -2.13. The third-order valence-electron chi connectivity index (χ3n) is 3.26. The van der Waals surface area contributed by atoms with Crippen molar-refractivity contribution in [3.05, 3.63) is 53.5 Å². The summed E-state index contributed by atoms with van der Waals surface area (Å²) in [6.45, 7) is 1.00. The van der Waals surface area contributed by atoms with E-state index in [4.69, 9.17) is 29.3 Å². The van der Waals surface area contributed by atoms with Gasteiger partial charge in [-0.3, -0.25) is 0 Å². The smallest absolute Gasteiger partial charge is 0.160 e. The molecular weight excluding hydrogens is 316 g/mol. The van der Waals surface area contributed by atoms with Gasteiger partial charge >= 0.3 is 0 Å². The van der Waals surface area contributed by atoms with Crippen molar-refractivity contribution in [2.45, 2.75) is 38.6 Å². The van der Waals surface area contributed by atoms with Gasteiger partial charge in [0.1, 0.15) is 12.4 Å². The van der Waals surface area contributed by atoms with E-state index >= 15 is 0 Å². The molecule has 2 aromatic rings. The first-order valence-electron chi connectivity index (χ1n) is 13.2. The Labute approximate surface area is 165 Å². The second-order valence-electron chi connectivity index (χ2n) is 5.23. The third kappa shape index (κ3) is 6.31. The predicted molar refractivity (Wildman–Crippen MR) is 99.8 cm³/mol. The Balaban J connectivity index is 2.14. The minimum absolute atomic E-state index is 0.0332. The molecule has 0 heterocycles. The molecule has 1 unspecified atom stereocenters. The van der Waals surface area contributed by atoms with Gasteiger partial charge in [0, 0.05) is 5.48 Å². The molecule has 2 aromatic carbocycles. The van der Waals surface area contributed by atoms with E-state index in [1.54, 1.807) is 0 Å². The topological polar surface area (TPSA) is 47.9 Å². The third-order valence-corrected chi connectivity index (χ3v) is 3.26. The summed E-state index contributed by atoms with van der Waals surface area (Å²) in [5.41, 5.74) is -0.0451. The lowest BCUT2D eigenvalue weighted by atomic mass is 10.0. The number of hydrogen-bond acceptors (Lipinski definition) is 4. The molecule has 0 spiro atoms. The Morgan fingerprint density at radius 1 is 1.28 bits per heavy atom. The maximum Gasteiger partial charge on any atom is 0.160 e. The lowest BCUT2D eigenvalue weighted by Crippen LogP contribution is -2.17. The van der Waals surface area contributed by atoms with Crippen LogP contribution in [-0.2, 0) is 6.37 Å². The maximum absolute atomic E-state index is 10.3. The summed E-state index contributed by atoms with van der Waals surface area (Å²) < 4.78 is 102. The summed E-state index contributed by atoms with van der Waals surface area (Å²) >= 11 is 0. The van der Waals surface area contributed by atoms with Gasteiger partial charge in [-0.2, -0.15) is 0 Å². The van der Waals surface area contributed by atoms with Crippen LogP contribution in [0.25, 0.3) is 0 Å². The number of hydrogen-bond donors (Lipinski definition) is 1. The Kier molecular flexibility index (Phi) is 3.56. The molecule has 0 bridgehead atoms. The second kappa shape index (κ2) is 9.94. The highest BCUT2D eigenvalue weighted by Crippen LogP contribution is 2.28. The summed E-state index contributed by atoms with van der Waals surface area (Å²) in [6.07, 6.45) is -7.12. The molecule has 0 aliphatic rings. The second-order valence-corrected chi connectivity index (χ2v) is 5.23. The van der Waals surface area contributed by atoms with Gasteiger partial charge in [-0.15, -0.1) is 0 Å². The highest BCUT2D eigenvalue weighted by Gasteiger charge is 2.07. The molecule has 1 atom stereocenters. The van der Waals surface area contributed by atoms with Crippen molar-refractivity contribution in [1.82, 2.24) is 0 Å². The minimum atomic E-state index is -2.83. The molecule has 0 amide bonds. The molecule has 0 fully saturated rings. The highest BCUT2D eigenvalue weighted by molar-refractivity contribution is 5.42. The van der Waals surface area contributed by atoms with Crippen LogP contribution in [0.15, 0.2) is 42.4 Å². The van der Waals surface area contributed by atoms with E-state index in [1.807, 2.05) is 0 Å². The fourth-order valence-electron chi connectivity index (χ4n) is 1.99. The fourth-order valence-corrected chi connectivity index (χ4v) is 1.99. The Bertz CT molecular complexity index is 1060. The molecule has 0 aliphatic heterocycles. The minimum Gasteiger partial charge on any atom is -0.493 e. The average Bonchev–Trinajstić information content (AvgIpc) is 2.79. The Morgan fingerprint density at radius 3 is 2.96 bits per heavy atom. The van der Waals surface area contributed by atoms with Crippen LogP contribution in [0.2, 0.25) is 0 Å². The molecule has 136 valence electrons. The Hall–Kier alpha value is -2.20. The molecule has 0 radical (unpaired) electrons. The van der Waals surface area contributed by atoms with E-state index in [2.05, 4.69) is 0 Å². The largest absolute Gasteiger partial charge is 0.493 e. The molecule has 25 heavy (non-hydrogen) atoms. The van der Waals surface area contributed by atoms with Crippen molar-refractivity contribution in [3.8, 4) is 17.2 Å². The summed E-state index contributed by atoms with van der Waals surface area (Å²) in [7, 11) is -1.56. The van der Waals surface area contributed by atoms with E-state index in [0.29, 0.717) is 0 Å². The van der Waals surface area contributed by atoms with Gasteiger partial charge < -0.3 is 19.3 Å². The fraction of sp³-hybridized carbons (Fsp3) is 0.429. The van der Waals surface area contributed by atoms with Crippen molar-refractivity contribution in [2.75, 3.05) is 20.8 Å². The van der Waals surface area contributed by atoms with Gasteiger partial charge in [-0.1, -0.05) is 24.6 Å². The first-order chi connectivity index (χ1) is 16.4. The predicted octanol–water partition coefficient (Wildman–Crippen LogP) is 4.16. The van der Waals surface area contributed by atoms with Crippen molar-refractivity contribution < 1.29 is 34.4 Å². The molecule has 4 nitrogen and oxygen atoms in total. The van der Waals surface area contributed by atoms with Gasteiger partial charge in [0.2, 0.25) is 0 Å². The summed E-state index contributed by atoms with van der Waals surface area (Å²) in [4.78, 5) is 0. The van der Waals surface area contributed by atoms with Gasteiger partial charge in [-0.05, 0) is 61.4 Å². The molecule has 0 saturated heterocycles. The van der Waals surface area contributed by atoms with Gasteiger partial charge in [0.05, 0.1) is 29.8 Å². The average molecular weight is 356 g/mol. The molecular formula is C21H28O4. The number of rotatable bonds is 10. The first kappa shape index (κ1) is 8.95. The number of aryl methyl sites for hydroxylation is 1. The van der Waals surface area contributed by atoms with E-state index in [9.17, 15) is 5.11 Å². The van der Waals surface area contributed by atoms with Crippen molar-refractivity contribution in [1.29, 1.82) is 0 Å². The van der Waals surface area contributed by atoms with E-state index in [0.717, 1.165) is 6.07 Å². The quantitative estimate of drug-likeness (QED) is 0.695. The van der Waals surface area contributed by atoms with Crippen LogP contribution in [0.4, 0.5) is 0 Å². The summed E-state index contributed by atoms with van der Waals surface area (Å²) in [5, 5.41) is 10.3. The van der Waals surface area contributed by atoms with Crippen LogP contribution >= 0.6 is 0 Å². The SMILES string of the molecule is [2H]c1c([2H])c(C)c([2H])c(OCC(O)CCC([2H])([2H])C([2H])([2H])c2ccc(OC)c(OC([2H])([2H])[2H])c2)c1[2H]. The van der Waals surface area contributed by atoms with Crippen LogP contribution in [0, 0.1) is 6.92 Å². The van der Waals surface area contributed by atoms with Crippen molar-refractivity contribution in [3.63, 3.8) is 0 Å². The standard InChI is InChI=1S/C21H28O4/c1-16-7-6-10-19(13-16)25-15-18(22)9-5-4-8-17-11-12-20(23-2)21(14-17)24-3/h6-7,10-14,18,22H,4-5,8-9,15H2,1-3H3/i3D3,4D2,6D,7D,8D2,10D,13D. The van der Waals surface area contributed by atoms with Crippen LogP contribution in [-0.4, -0.2) is 32.0 Å². The number of methoxy groups -OCH3 is 2. The van der Waals surface area contributed by atoms with Gasteiger partial charge in [0.25, 0.3) is 0 Å². The van der Waals surface area contributed by atoms with Crippen LogP contribution in [0.3, 0.4) is 0 Å². The van der Waals surface area contributed by atoms with Crippen LogP contribution in [0.5, 0.6) is 17.2 Å². The zero-order valence-corrected chi connectivity index (χ0v) is 14.1. The van der Waals surface area contributed by atoms with Crippen molar-refractivity contribution >= 4 is 0 Å². The summed E-state index contributed by atoms with van der Waals surface area (Å²) in [5.74, 6) is -0.514. The zero-order chi connectivity index (χ0) is 27.6. The summed E-state index contributed by atoms with van der Waals surface area (Å²) in [6, 6.07) is 2.18. The first-order valence-corrected chi connectivity index (χ1v) is 7.68. The van der Waals surface area contributed by atoms with Gasteiger partial charge in [-0.25, -0.2) is 0 Å². The number of ether oxygens (including phenoxy) is 3. The maximum atomic E-state index is 10.3. The number of benzene rings is 2. The highest BCUT2D eigenvalue weighted by atomic mass is 16.5. The molecule has 2 rings (SSSR count). The lowest BCUT2D eigenvalue weighted by molar-refractivity contribution is 0.0976. The molecule has 0 saturated carbocycles. The number of aliphatic hydroxyl groups excluding tert-OH is 1. The van der Waals surface area contributed by atoms with E-state index in [1.165, 1.54) is 26.2 Å². The molecule has 4 heteroatoms. The zero-order valence-electron chi connectivity index (χ0n) is 25.1. The normalized spacial score (nSPS) is 19.9. The molecule has 0 aliphatic carbocycles. The monoisotopic (exact) mass is 355 g/mol. The van der Waals surface area contributed by atoms with E-state index < -0.39 is 51.0 Å². The number of aliphatic hydroxyl groups is 1. The van der Waals surface area contributed by atoms with Crippen LogP contribution in [0.1, 0.15) is 45.4 Å². The van der Waals surface area contributed by atoms with Crippen LogP contribution < -0.4 is 14.2 Å². The van der Waals surface area contributed by atoms with Crippen molar-refractivity contribution in [2.24, 2.45) is 0 Å². The van der Waals surface area contributed by atoms with E-state index in [-0.39, 0.29) is 46.9 Å². The molecule has 0 aromatic heterocycles. The Morgan fingerprint density at radius 2 is 2.16 bits per heavy atom.